The van der Waals surface area contributed by atoms with E-state index in [1.165, 1.54) is 44.2 Å². The van der Waals surface area contributed by atoms with E-state index < -0.39 is 17.8 Å². The van der Waals surface area contributed by atoms with Gasteiger partial charge in [0.1, 0.15) is 0 Å². The fourth-order valence-electron chi connectivity index (χ4n) is 3.62. The number of nitrogens with zero attached hydrogens (tertiary/aromatic N) is 2. The van der Waals surface area contributed by atoms with Crippen LogP contribution in [0.4, 0.5) is 18.9 Å². The van der Waals surface area contributed by atoms with E-state index >= 15 is 0 Å². The van der Waals surface area contributed by atoms with Gasteiger partial charge in [-0.1, -0.05) is 45.1 Å². The summed E-state index contributed by atoms with van der Waals surface area (Å²) in [6.45, 7) is 6.48. The lowest BCUT2D eigenvalue weighted by Gasteiger charge is -2.37. The Labute approximate surface area is 172 Å². The largest absolute Gasteiger partial charge is 0.416 e. The Bertz CT molecular complexity index is 575. The molecule has 1 atom stereocenters. The zero-order valence-corrected chi connectivity index (χ0v) is 17.5. The lowest BCUT2D eigenvalue weighted by Crippen LogP contribution is -2.49. The van der Waals surface area contributed by atoms with Gasteiger partial charge in [-0.25, -0.2) is 0 Å². The van der Waals surface area contributed by atoms with Crippen LogP contribution >= 0.6 is 0 Å². The number of unbranched alkanes of at least 4 members (excludes halogenated alkanes) is 5. The monoisotopic (exact) mass is 416 g/mol. The first kappa shape index (κ1) is 24.0. The van der Waals surface area contributed by atoms with Gasteiger partial charge in [0, 0.05) is 45.0 Å². The molecule has 0 saturated carbocycles. The minimum Gasteiger partial charge on any atom is -0.389 e. The highest BCUT2D eigenvalue weighted by atomic mass is 19.4. The number of aliphatic hydroxyl groups excluding tert-OH is 1. The molecule has 1 unspecified atom stereocenters. The molecule has 29 heavy (non-hydrogen) atoms. The predicted molar refractivity (Wildman–Crippen MR) is 110 cm³/mol. The van der Waals surface area contributed by atoms with Crippen molar-refractivity contribution in [3.05, 3.63) is 29.8 Å². The second-order valence-electron chi connectivity index (χ2n) is 7.83. The Kier molecular flexibility index (Phi) is 10.2. The molecule has 1 aromatic carbocycles. The average Bonchev–Trinajstić information content (AvgIpc) is 2.70. The van der Waals surface area contributed by atoms with Crippen LogP contribution in [0.2, 0.25) is 0 Å². The number of β-amino-alcohol motifs (C(OH)–C–C–N with tert-alkyl or cyclic N) is 1. The van der Waals surface area contributed by atoms with Gasteiger partial charge in [0.05, 0.1) is 18.3 Å². The van der Waals surface area contributed by atoms with Crippen molar-refractivity contribution >= 4 is 5.69 Å². The number of benzene rings is 1. The Balaban J connectivity index is 1.62. The van der Waals surface area contributed by atoms with E-state index in [1.54, 1.807) is 6.07 Å². The van der Waals surface area contributed by atoms with Gasteiger partial charge in [0.15, 0.2) is 0 Å². The van der Waals surface area contributed by atoms with Crippen LogP contribution in [0, 0.1) is 0 Å². The van der Waals surface area contributed by atoms with Crippen LogP contribution in [0.5, 0.6) is 0 Å². The summed E-state index contributed by atoms with van der Waals surface area (Å²) in [7, 11) is 0. The summed E-state index contributed by atoms with van der Waals surface area (Å²) in [5.41, 5.74) is -0.0161. The van der Waals surface area contributed by atoms with Crippen LogP contribution in [0.1, 0.15) is 51.0 Å². The molecule has 0 bridgehead atoms. The molecule has 1 fully saturated rings. The first-order valence-electron chi connectivity index (χ1n) is 10.8. The zero-order chi connectivity index (χ0) is 21.1. The maximum atomic E-state index is 12.9. The van der Waals surface area contributed by atoms with Crippen LogP contribution in [0.3, 0.4) is 0 Å². The van der Waals surface area contributed by atoms with Crippen LogP contribution in [0.15, 0.2) is 24.3 Å². The number of rotatable bonds is 12. The summed E-state index contributed by atoms with van der Waals surface area (Å²) >= 11 is 0. The number of ether oxygens (including phenoxy) is 1. The first-order chi connectivity index (χ1) is 13.9. The van der Waals surface area contributed by atoms with Gasteiger partial charge in [-0.2, -0.15) is 13.2 Å². The summed E-state index contributed by atoms with van der Waals surface area (Å²) in [6.07, 6.45) is 2.42. The molecule has 0 aromatic heterocycles. The number of aliphatic hydroxyl groups is 1. The number of hydrogen-bond acceptors (Lipinski definition) is 4. The molecular formula is C22H35F3N2O2. The molecule has 0 radical (unpaired) electrons. The van der Waals surface area contributed by atoms with Gasteiger partial charge < -0.3 is 14.7 Å². The molecule has 0 aliphatic carbocycles. The molecule has 1 aromatic rings. The van der Waals surface area contributed by atoms with Crippen molar-refractivity contribution in [2.24, 2.45) is 0 Å². The number of halogens is 3. The Hall–Kier alpha value is -1.31. The fourth-order valence-corrected chi connectivity index (χ4v) is 3.62. The third-order valence-electron chi connectivity index (χ3n) is 5.33. The second kappa shape index (κ2) is 12.4. The van der Waals surface area contributed by atoms with E-state index in [1.807, 2.05) is 4.90 Å². The van der Waals surface area contributed by atoms with Crippen molar-refractivity contribution in [3.63, 3.8) is 0 Å². The number of anilines is 1. The minimum absolute atomic E-state index is 0.336. The molecular weight excluding hydrogens is 381 g/mol. The van der Waals surface area contributed by atoms with Crippen molar-refractivity contribution in [3.8, 4) is 0 Å². The molecule has 1 saturated heterocycles. The standard InChI is InChI=1S/C22H35F3N2O2/c1-2-3-4-5-6-7-15-29-18-21(28)17-26-11-13-27(14-12-26)20-10-8-9-19(16-20)22(23,24)25/h8-10,16,21,28H,2-7,11-15,17-18H2,1H3. The summed E-state index contributed by atoms with van der Waals surface area (Å²) in [5.74, 6) is 0. The Morgan fingerprint density at radius 1 is 1.03 bits per heavy atom. The van der Waals surface area contributed by atoms with Crippen LogP contribution in [-0.2, 0) is 10.9 Å². The van der Waals surface area contributed by atoms with Crippen molar-refractivity contribution in [2.75, 3.05) is 50.8 Å². The van der Waals surface area contributed by atoms with Gasteiger partial charge >= 0.3 is 6.18 Å². The molecule has 1 aliphatic rings. The van der Waals surface area contributed by atoms with Gasteiger partial charge in [-0.05, 0) is 24.6 Å². The minimum atomic E-state index is -4.32. The average molecular weight is 417 g/mol. The SMILES string of the molecule is CCCCCCCCOCC(O)CN1CCN(c2cccc(C(F)(F)F)c2)CC1. The summed E-state index contributed by atoms with van der Waals surface area (Å²) in [5, 5.41) is 10.2. The normalized spacial score (nSPS) is 16.9. The number of hydrogen-bond donors (Lipinski definition) is 1. The lowest BCUT2D eigenvalue weighted by atomic mass is 10.1. The second-order valence-corrected chi connectivity index (χ2v) is 7.83. The molecule has 166 valence electrons. The maximum absolute atomic E-state index is 12.9. The Morgan fingerprint density at radius 2 is 1.72 bits per heavy atom. The molecule has 1 heterocycles. The van der Waals surface area contributed by atoms with Crippen molar-refractivity contribution < 1.29 is 23.0 Å². The predicted octanol–water partition coefficient (Wildman–Crippen LogP) is 4.57. The molecule has 0 spiro atoms. The lowest BCUT2D eigenvalue weighted by molar-refractivity contribution is -0.137. The van der Waals surface area contributed by atoms with E-state index in [9.17, 15) is 18.3 Å². The third-order valence-corrected chi connectivity index (χ3v) is 5.33. The quantitative estimate of drug-likeness (QED) is 0.507. The number of alkyl halides is 3. The van der Waals surface area contributed by atoms with E-state index in [0.717, 1.165) is 12.5 Å². The van der Waals surface area contributed by atoms with Crippen LogP contribution < -0.4 is 4.90 Å². The fraction of sp³-hybridized carbons (Fsp3) is 0.727. The highest BCUT2D eigenvalue weighted by molar-refractivity contribution is 5.49. The molecule has 2 rings (SSSR count). The molecule has 4 nitrogen and oxygen atoms in total. The molecule has 0 amide bonds. The summed E-state index contributed by atoms with van der Waals surface area (Å²) < 4.78 is 44.3. The first-order valence-corrected chi connectivity index (χ1v) is 10.8. The maximum Gasteiger partial charge on any atom is 0.416 e. The van der Waals surface area contributed by atoms with E-state index in [2.05, 4.69) is 11.8 Å². The highest BCUT2D eigenvalue weighted by Gasteiger charge is 2.31. The number of piperazine rings is 1. The zero-order valence-electron chi connectivity index (χ0n) is 17.5. The highest BCUT2D eigenvalue weighted by Crippen LogP contribution is 2.31. The van der Waals surface area contributed by atoms with E-state index in [-0.39, 0.29) is 0 Å². The van der Waals surface area contributed by atoms with E-state index in [4.69, 9.17) is 4.74 Å². The topological polar surface area (TPSA) is 35.9 Å². The van der Waals surface area contributed by atoms with Gasteiger partial charge in [-0.3, -0.25) is 4.90 Å². The third kappa shape index (κ3) is 8.93. The molecule has 1 N–H and O–H groups in total. The molecule has 1 aliphatic heterocycles. The van der Waals surface area contributed by atoms with Crippen molar-refractivity contribution in [2.45, 2.75) is 57.7 Å². The van der Waals surface area contributed by atoms with Crippen molar-refractivity contribution in [1.82, 2.24) is 4.90 Å². The smallest absolute Gasteiger partial charge is 0.389 e. The summed E-state index contributed by atoms with van der Waals surface area (Å²) in [6, 6.07) is 5.48. The van der Waals surface area contributed by atoms with Gasteiger partial charge in [0.2, 0.25) is 0 Å². The van der Waals surface area contributed by atoms with Crippen molar-refractivity contribution in [1.29, 1.82) is 0 Å². The Morgan fingerprint density at radius 3 is 2.41 bits per heavy atom. The van der Waals surface area contributed by atoms with E-state index in [0.29, 0.717) is 51.6 Å². The summed E-state index contributed by atoms with van der Waals surface area (Å²) in [4.78, 5) is 4.11. The van der Waals surface area contributed by atoms with Gasteiger partial charge in [-0.15, -0.1) is 0 Å². The van der Waals surface area contributed by atoms with Crippen LogP contribution in [0.25, 0.3) is 0 Å². The van der Waals surface area contributed by atoms with Gasteiger partial charge in [0.25, 0.3) is 0 Å². The van der Waals surface area contributed by atoms with Crippen LogP contribution in [-0.4, -0.2) is 62.0 Å². The molecule has 7 heteroatoms.